The van der Waals surface area contributed by atoms with E-state index in [9.17, 15) is 17.6 Å². The van der Waals surface area contributed by atoms with Crippen LogP contribution in [0.1, 0.15) is 38.2 Å². The van der Waals surface area contributed by atoms with Crippen LogP contribution in [0.5, 0.6) is 0 Å². The topological polar surface area (TPSA) is 75.3 Å². The zero-order chi connectivity index (χ0) is 19.2. The first-order chi connectivity index (χ1) is 12.3. The Hall–Kier alpha value is -2.25. The lowest BCUT2D eigenvalue weighted by Crippen LogP contribution is -2.27. The fraction of sp³-hybridized carbons (Fsp3) is 0.316. The number of nitrogens with one attached hydrogen (secondary N) is 2. The number of amides is 1. The Kier molecular flexibility index (Phi) is 6.88. The highest BCUT2D eigenvalue weighted by molar-refractivity contribution is 7.89. The lowest BCUT2D eigenvalue weighted by atomic mass is 9.99. The van der Waals surface area contributed by atoms with Crippen molar-refractivity contribution in [2.24, 2.45) is 0 Å². The predicted octanol–water partition coefficient (Wildman–Crippen LogP) is 3.65. The molecule has 0 aliphatic rings. The Bertz CT molecular complexity index is 834. The van der Waals surface area contributed by atoms with Gasteiger partial charge in [-0.3, -0.25) is 4.79 Å². The van der Waals surface area contributed by atoms with Crippen molar-refractivity contribution in [1.82, 2.24) is 4.72 Å². The minimum atomic E-state index is -3.76. The first-order valence-corrected chi connectivity index (χ1v) is 9.95. The largest absolute Gasteiger partial charge is 0.326 e. The Morgan fingerprint density at radius 2 is 1.69 bits per heavy atom. The Morgan fingerprint density at radius 3 is 2.27 bits per heavy atom. The van der Waals surface area contributed by atoms with Crippen LogP contribution in [0.2, 0.25) is 0 Å². The summed E-state index contributed by atoms with van der Waals surface area (Å²) < 4.78 is 39.3. The van der Waals surface area contributed by atoms with E-state index in [0.717, 1.165) is 18.6 Å². The molecule has 0 aromatic heterocycles. The summed E-state index contributed by atoms with van der Waals surface area (Å²) in [5, 5.41) is 2.74. The summed E-state index contributed by atoms with van der Waals surface area (Å²) in [6.07, 6.45) is 1.04. The van der Waals surface area contributed by atoms with Gasteiger partial charge in [0.2, 0.25) is 15.9 Å². The number of rotatable bonds is 8. The number of halogens is 1. The van der Waals surface area contributed by atoms with Crippen molar-refractivity contribution >= 4 is 21.6 Å². The van der Waals surface area contributed by atoms with E-state index in [1.165, 1.54) is 17.7 Å². The fourth-order valence-corrected chi connectivity index (χ4v) is 3.38. The van der Waals surface area contributed by atoms with E-state index in [1.807, 2.05) is 24.3 Å². The molecule has 2 rings (SSSR count). The maximum absolute atomic E-state index is 12.9. The maximum atomic E-state index is 12.9. The lowest BCUT2D eigenvalue weighted by Gasteiger charge is -2.11. The zero-order valence-corrected chi connectivity index (χ0v) is 15.6. The van der Waals surface area contributed by atoms with Crippen LogP contribution >= 0.6 is 0 Å². The first-order valence-electron chi connectivity index (χ1n) is 8.47. The van der Waals surface area contributed by atoms with Crippen LogP contribution in [-0.2, 0) is 14.8 Å². The van der Waals surface area contributed by atoms with E-state index >= 15 is 0 Å². The Morgan fingerprint density at radius 1 is 1.08 bits per heavy atom. The average molecular weight is 378 g/mol. The minimum Gasteiger partial charge on any atom is -0.326 e. The van der Waals surface area contributed by atoms with E-state index in [2.05, 4.69) is 23.9 Å². The van der Waals surface area contributed by atoms with Gasteiger partial charge in [0.1, 0.15) is 5.82 Å². The molecule has 7 heteroatoms. The van der Waals surface area contributed by atoms with E-state index < -0.39 is 15.8 Å². The van der Waals surface area contributed by atoms with Gasteiger partial charge in [-0.15, -0.1) is 0 Å². The van der Waals surface area contributed by atoms with Crippen molar-refractivity contribution in [2.45, 2.75) is 37.5 Å². The molecule has 26 heavy (non-hydrogen) atoms. The molecule has 2 N–H and O–H groups in total. The molecule has 2 aromatic rings. The van der Waals surface area contributed by atoms with Gasteiger partial charge in [-0.05, 0) is 54.3 Å². The molecule has 1 atom stereocenters. The van der Waals surface area contributed by atoms with Crippen LogP contribution in [0, 0.1) is 5.82 Å². The van der Waals surface area contributed by atoms with Crippen molar-refractivity contribution in [1.29, 1.82) is 0 Å². The smallest absolute Gasteiger partial charge is 0.240 e. The van der Waals surface area contributed by atoms with Gasteiger partial charge >= 0.3 is 0 Å². The molecule has 0 saturated heterocycles. The number of hydrogen-bond acceptors (Lipinski definition) is 3. The third kappa shape index (κ3) is 5.64. The van der Waals surface area contributed by atoms with Crippen molar-refractivity contribution in [3.05, 3.63) is 59.9 Å². The number of carbonyl (C=O) groups excluding carboxylic acids is 1. The molecule has 5 nitrogen and oxygen atoms in total. The van der Waals surface area contributed by atoms with Gasteiger partial charge in [-0.25, -0.2) is 17.5 Å². The van der Waals surface area contributed by atoms with Gasteiger partial charge in [0.05, 0.1) is 4.90 Å². The molecule has 1 amide bonds. The van der Waals surface area contributed by atoms with Crippen LogP contribution < -0.4 is 10.0 Å². The van der Waals surface area contributed by atoms with Crippen LogP contribution in [0.25, 0.3) is 0 Å². The summed E-state index contributed by atoms with van der Waals surface area (Å²) >= 11 is 0. The van der Waals surface area contributed by atoms with E-state index in [0.29, 0.717) is 11.6 Å². The van der Waals surface area contributed by atoms with Gasteiger partial charge in [-0.2, -0.15) is 0 Å². The number of anilines is 1. The standard InChI is InChI=1S/C19H23FN2O3S/c1-3-14(2)15-4-8-17(9-5-15)22-19(23)12-13-21-26(24,25)18-10-6-16(20)7-11-18/h4-11,14,21H,3,12-13H2,1-2H3,(H,22,23). The summed E-state index contributed by atoms with van der Waals surface area (Å²) in [6, 6.07) is 12.1. The second kappa shape index (κ2) is 8.91. The Labute approximate surface area is 153 Å². The third-order valence-electron chi connectivity index (χ3n) is 4.14. The van der Waals surface area contributed by atoms with E-state index in [1.54, 1.807) is 0 Å². The zero-order valence-electron chi connectivity index (χ0n) is 14.8. The van der Waals surface area contributed by atoms with Crippen molar-refractivity contribution < 1.29 is 17.6 Å². The summed E-state index contributed by atoms with van der Waals surface area (Å²) in [6.45, 7) is 4.21. The molecule has 0 aliphatic heterocycles. The molecule has 0 bridgehead atoms. The lowest BCUT2D eigenvalue weighted by molar-refractivity contribution is -0.116. The number of sulfonamides is 1. The summed E-state index contributed by atoms with van der Waals surface area (Å²) in [5.74, 6) is -0.341. The van der Waals surface area contributed by atoms with Gasteiger partial charge in [0.15, 0.2) is 0 Å². The predicted molar refractivity (Wildman–Crippen MR) is 100.0 cm³/mol. The molecule has 1 unspecified atom stereocenters. The third-order valence-corrected chi connectivity index (χ3v) is 5.62. The highest BCUT2D eigenvalue weighted by Crippen LogP contribution is 2.20. The first kappa shape index (κ1) is 20.1. The summed E-state index contributed by atoms with van der Waals surface area (Å²) in [4.78, 5) is 11.9. The van der Waals surface area contributed by atoms with Gasteiger partial charge in [-0.1, -0.05) is 26.0 Å². The van der Waals surface area contributed by atoms with Crippen LogP contribution in [0.15, 0.2) is 53.4 Å². The quantitative estimate of drug-likeness (QED) is 0.736. The van der Waals surface area contributed by atoms with Crippen LogP contribution in [0.3, 0.4) is 0 Å². The molecule has 0 spiro atoms. The van der Waals surface area contributed by atoms with Crippen LogP contribution in [-0.4, -0.2) is 20.9 Å². The average Bonchev–Trinajstić information content (AvgIpc) is 2.62. The Balaban J connectivity index is 1.84. The number of carbonyl (C=O) groups is 1. The second-order valence-corrected chi connectivity index (χ2v) is 7.85. The molecule has 2 aromatic carbocycles. The highest BCUT2D eigenvalue weighted by Gasteiger charge is 2.14. The minimum absolute atomic E-state index is 0.00641. The maximum Gasteiger partial charge on any atom is 0.240 e. The molecule has 140 valence electrons. The highest BCUT2D eigenvalue weighted by atomic mass is 32.2. The molecular weight excluding hydrogens is 355 g/mol. The van der Waals surface area contributed by atoms with Crippen LogP contribution in [0.4, 0.5) is 10.1 Å². The van der Waals surface area contributed by atoms with Gasteiger partial charge < -0.3 is 5.32 Å². The molecule has 0 saturated carbocycles. The summed E-state index contributed by atoms with van der Waals surface area (Å²) in [5.41, 5.74) is 1.88. The molecule has 0 radical (unpaired) electrons. The monoisotopic (exact) mass is 378 g/mol. The second-order valence-electron chi connectivity index (χ2n) is 6.08. The fourth-order valence-electron chi connectivity index (χ4n) is 2.35. The van der Waals surface area contributed by atoms with Crippen molar-refractivity contribution in [2.75, 3.05) is 11.9 Å². The summed E-state index contributed by atoms with van der Waals surface area (Å²) in [7, 11) is -3.76. The normalized spacial score (nSPS) is 12.6. The molecular formula is C19H23FN2O3S. The van der Waals surface area contributed by atoms with E-state index in [4.69, 9.17) is 0 Å². The van der Waals surface area contributed by atoms with Gasteiger partial charge in [0.25, 0.3) is 0 Å². The molecule has 0 aliphatic carbocycles. The van der Waals surface area contributed by atoms with Gasteiger partial charge in [0, 0.05) is 18.7 Å². The number of hydrogen-bond donors (Lipinski definition) is 2. The SMILES string of the molecule is CCC(C)c1ccc(NC(=O)CCNS(=O)(=O)c2ccc(F)cc2)cc1. The molecule has 0 heterocycles. The number of benzene rings is 2. The van der Waals surface area contributed by atoms with Crippen molar-refractivity contribution in [3.8, 4) is 0 Å². The molecule has 0 fully saturated rings. The van der Waals surface area contributed by atoms with E-state index in [-0.39, 0.29) is 23.8 Å². The van der Waals surface area contributed by atoms with Crippen molar-refractivity contribution in [3.63, 3.8) is 0 Å².